The van der Waals surface area contributed by atoms with E-state index in [9.17, 15) is 4.39 Å². The molecule has 0 saturated carbocycles. The lowest BCUT2D eigenvalue weighted by Gasteiger charge is -2.13. The summed E-state index contributed by atoms with van der Waals surface area (Å²) in [5.74, 6) is 0. The lowest BCUT2D eigenvalue weighted by atomic mass is 10.5. The van der Waals surface area contributed by atoms with E-state index < -0.39 is 0 Å². The molecule has 0 aliphatic carbocycles. The fourth-order valence-corrected chi connectivity index (χ4v) is 1.48. The first kappa shape index (κ1) is 8.27. The van der Waals surface area contributed by atoms with Crippen LogP contribution >= 0.6 is 11.3 Å². The van der Waals surface area contributed by atoms with Gasteiger partial charge in [-0.15, -0.1) is 11.3 Å². The third-order valence-corrected chi connectivity index (χ3v) is 2.33. The van der Waals surface area contributed by atoms with Gasteiger partial charge in [-0.2, -0.15) is 0 Å². The molecular formula is C8H10FNS. The van der Waals surface area contributed by atoms with Gasteiger partial charge in [0.15, 0.2) is 0 Å². The summed E-state index contributed by atoms with van der Waals surface area (Å²) in [5, 5.41) is 3.16. The van der Waals surface area contributed by atoms with Crippen LogP contribution in [0.4, 0.5) is 9.39 Å². The number of thiophene rings is 1. The number of rotatable bonds is 3. The molecule has 0 bridgehead atoms. The second kappa shape index (κ2) is 4.13. The monoisotopic (exact) mass is 171 g/mol. The van der Waals surface area contributed by atoms with Gasteiger partial charge >= 0.3 is 0 Å². The van der Waals surface area contributed by atoms with Gasteiger partial charge in [-0.1, -0.05) is 0 Å². The van der Waals surface area contributed by atoms with Crippen molar-refractivity contribution >= 4 is 16.3 Å². The maximum absolute atomic E-state index is 11.6. The minimum absolute atomic E-state index is 0.574. The fraction of sp³-hybridized carbons (Fsp3) is 0.250. The number of likely N-dealkylation sites (N-methyl/N-ethyl adjacent to an activating group) is 1. The molecule has 1 aromatic heterocycles. The highest BCUT2D eigenvalue weighted by Crippen LogP contribution is 2.18. The van der Waals surface area contributed by atoms with Crippen LogP contribution in [0.3, 0.4) is 0 Å². The summed E-state index contributed by atoms with van der Waals surface area (Å²) >= 11 is 1.65. The Bertz CT molecular complexity index is 218. The maximum Gasteiger partial charge on any atom is 0.0908 e. The van der Waals surface area contributed by atoms with E-state index in [4.69, 9.17) is 0 Å². The number of hydrogen-bond donors (Lipinski definition) is 0. The van der Waals surface area contributed by atoms with Gasteiger partial charge in [-0.3, -0.25) is 0 Å². The summed E-state index contributed by atoms with van der Waals surface area (Å²) in [6.45, 7) is 0.622. The van der Waals surface area contributed by atoms with Crippen molar-refractivity contribution in [2.45, 2.75) is 0 Å². The van der Waals surface area contributed by atoms with Crippen molar-refractivity contribution in [2.75, 3.05) is 18.5 Å². The molecule has 3 heteroatoms. The second-order valence-corrected chi connectivity index (χ2v) is 3.12. The van der Waals surface area contributed by atoms with E-state index in [1.54, 1.807) is 11.3 Å². The summed E-state index contributed by atoms with van der Waals surface area (Å²) in [4.78, 5) is 1.99. The predicted molar refractivity (Wildman–Crippen MR) is 47.8 cm³/mol. The fourth-order valence-electron chi connectivity index (χ4n) is 0.775. The van der Waals surface area contributed by atoms with E-state index in [0.717, 1.165) is 5.00 Å². The highest BCUT2D eigenvalue weighted by atomic mass is 32.1. The summed E-state index contributed by atoms with van der Waals surface area (Å²) in [6.07, 6.45) is 2.06. The maximum atomic E-state index is 11.6. The first-order valence-corrected chi connectivity index (χ1v) is 4.22. The van der Waals surface area contributed by atoms with Crippen molar-refractivity contribution in [2.24, 2.45) is 0 Å². The number of halogens is 1. The van der Waals surface area contributed by atoms with Crippen LogP contribution < -0.4 is 4.90 Å². The molecule has 0 aromatic carbocycles. The molecule has 0 N–H and O–H groups in total. The Balaban J connectivity index is 2.49. The minimum Gasteiger partial charge on any atom is -0.363 e. The summed E-state index contributed by atoms with van der Waals surface area (Å²) in [5.41, 5.74) is 0. The molecule has 0 fully saturated rings. The topological polar surface area (TPSA) is 3.24 Å². The van der Waals surface area contributed by atoms with Gasteiger partial charge < -0.3 is 4.90 Å². The van der Waals surface area contributed by atoms with E-state index in [0.29, 0.717) is 12.9 Å². The quantitative estimate of drug-likeness (QED) is 0.675. The van der Waals surface area contributed by atoms with Gasteiger partial charge in [-0.05, 0) is 23.6 Å². The predicted octanol–water partition coefficient (Wildman–Crippen LogP) is 2.67. The van der Waals surface area contributed by atoms with Crippen LogP contribution in [-0.4, -0.2) is 13.6 Å². The molecule has 1 nitrogen and oxygen atoms in total. The molecule has 60 valence electrons. The molecule has 0 amide bonds. The van der Waals surface area contributed by atoms with Crippen LogP contribution in [0.15, 0.2) is 29.9 Å². The Hall–Kier alpha value is -0.830. The summed E-state index contributed by atoms with van der Waals surface area (Å²) < 4.78 is 11.6. The van der Waals surface area contributed by atoms with E-state index in [2.05, 4.69) is 0 Å². The van der Waals surface area contributed by atoms with Crippen molar-refractivity contribution in [1.82, 2.24) is 0 Å². The van der Waals surface area contributed by atoms with Crippen molar-refractivity contribution < 1.29 is 4.39 Å². The van der Waals surface area contributed by atoms with Crippen LogP contribution in [-0.2, 0) is 0 Å². The Morgan fingerprint density at radius 2 is 2.55 bits per heavy atom. The second-order valence-electron chi connectivity index (χ2n) is 2.19. The third kappa shape index (κ3) is 2.35. The largest absolute Gasteiger partial charge is 0.363 e. The first-order valence-electron chi connectivity index (χ1n) is 3.34. The van der Waals surface area contributed by atoms with Gasteiger partial charge in [0.25, 0.3) is 0 Å². The summed E-state index contributed by atoms with van der Waals surface area (Å²) in [7, 11) is 1.94. The standard InChI is InChI=1S/C8H10FNS/c1-10(6-3-5-9)8-4-2-7-11-8/h2-5,7H,6H2,1H3/b5-3-. The number of hydrogen-bond acceptors (Lipinski definition) is 2. The Labute approximate surface area is 69.8 Å². The van der Waals surface area contributed by atoms with Gasteiger partial charge in [0, 0.05) is 13.6 Å². The SMILES string of the molecule is CN(C/C=C\F)c1cccs1. The molecule has 1 aromatic rings. The normalized spacial score (nSPS) is 10.7. The third-order valence-electron chi connectivity index (χ3n) is 1.35. The molecule has 0 aliphatic rings. The summed E-state index contributed by atoms with van der Waals surface area (Å²) in [6, 6.07) is 3.99. The van der Waals surface area contributed by atoms with Crippen LogP contribution in [0.2, 0.25) is 0 Å². The van der Waals surface area contributed by atoms with Crippen LogP contribution in [0.25, 0.3) is 0 Å². The number of nitrogens with zero attached hydrogens (tertiary/aromatic N) is 1. The first-order chi connectivity index (χ1) is 5.34. The van der Waals surface area contributed by atoms with E-state index in [1.165, 1.54) is 6.08 Å². The zero-order valence-electron chi connectivity index (χ0n) is 6.33. The average Bonchev–Trinajstić information content (AvgIpc) is 2.52. The van der Waals surface area contributed by atoms with Crippen LogP contribution in [0.5, 0.6) is 0 Å². The van der Waals surface area contributed by atoms with Gasteiger partial charge in [0.05, 0.1) is 11.3 Å². The molecule has 11 heavy (non-hydrogen) atoms. The lowest BCUT2D eigenvalue weighted by Crippen LogP contribution is -2.14. The smallest absolute Gasteiger partial charge is 0.0908 e. The molecule has 0 atom stereocenters. The highest BCUT2D eigenvalue weighted by molar-refractivity contribution is 7.14. The Morgan fingerprint density at radius 3 is 3.09 bits per heavy atom. The van der Waals surface area contributed by atoms with E-state index in [-0.39, 0.29) is 0 Å². The number of anilines is 1. The molecule has 0 spiro atoms. The Kier molecular flexibility index (Phi) is 3.11. The average molecular weight is 171 g/mol. The zero-order chi connectivity index (χ0) is 8.10. The van der Waals surface area contributed by atoms with E-state index >= 15 is 0 Å². The molecule has 1 heterocycles. The van der Waals surface area contributed by atoms with Gasteiger partial charge in [0.2, 0.25) is 0 Å². The molecular weight excluding hydrogens is 161 g/mol. The van der Waals surface area contributed by atoms with Crippen molar-refractivity contribution in [3.63, 3.8) is 0 Å². The van der Waals surface area contributed by atoms with Crippen LogP contribution in [0.1, 0.15) is 0 Å². The highest BCUT2D eigenvalue weighted by Gasteiger charge is 1.96. The molecule has 0 aliphatic heterocycles. The van der Waals surface area contributed by atoms with E-state index in [1.807, 2.05) is 29.5 Å². The lowest BCUT2D eigenvalue weighted by molar-refractivity contribution is 0.716. The van der Waals surface area contributed by atoms with Crippen LogP contribution in [0, 0.1) is 0 Å². The van der Waals surface area contributed by atoms with Gasteiger partial charge in [-0.25, -0.2) is 4.39 Å². The molecule has 0 saturated heterocycles. The minimum atomic E-state index is 0.574. The van der Waals surface area contributed by atoms with Crippen molar-refractivity contribution in [3.8, 4) is 0 Å². The molecule has 1 rings (SSSR count). The van der Waals surface area contributed by atoms with Gasteiger partial charge in [0.1, 0.15) is 0 Å². The Morgan fingerprint density at radius 1 is 1.73 bits per heavy atom. The molecule has 0 radical (unpaired) electrons. The molecule has 0 unspecified atom stereocenters. The zero-order valence-corrected chi connectivity index (χ0v) is 7.14. The van der Waals surface area contributed by atoms with Crippen molar-refractivity contribution in [1.29, 1.82) is 0 Å². The van der Waals surface area contributed by atoms with Crippen molar-refractivity contribution in [3.05, 3.63) is 29.9 Å².